The molecule has 1 aliphatic heterocycles. The van der Waals surface area contributed by atoms with E-state index in [0.29, 0.717) is 16.8 Å². The van der Waals surface area contributed by atoms with Gasteiger partial charge in [-0.25, -0.2) is 14.2 Å². The molecule has 38 heavy (non-hydrogen) atoms. The number of halogens is 4. The molecule has 0 radical (unpaired) electrons. The third-order valence-electron chi connectivity index (χ3n) is 5.40. The van der Waals surface area contributed by atoms with E-state index in [0.717, 1.165) is 17.2 Å². The highest BCUT2D eigenvalue weighted by Crippen LogP contribution is 2.30. The fourth-order valence-corrected chi connectivity index (χ4v) is 3.70. The number of nitrogens with zero attached hydrogens (tertiary/aromatic N) is 3. The Hall–Kier alpha value is -3.48. The standard InChI is InChI=1S/C25H30F4N4O5/c1-24(2,3)38-23(35)33-14-17(26)11-19(33)22(34)31-13-18-9-16(10-21(32-18)37-8-7-36-4)15-5-6-20(30-12-15)25(27,28)29/h5-6,9-10,12,17,19H,7-8,11,13-14H2,1-4H3,(H,31,34)/t17-,19+/m0/s1. The Morgan fingerprint density at radius 1 is 1.13 bits per heavy atom. The monoisotopic (exact) mass is 542 g/mol. The average Bonchev–Trinajstić information content (AvgIpc) is 3.23. The van der Waals surface area contributed by atoms with E-state index in [1.807, 2.05) is 0 Å². The molecule has 0 unspecified atom stereocenters. The summed E-state index contributed by atoms with van der Waals surface area (Å²) in [5.74, 6) is -0.440. The third-order valence-corrected chi connectivity index (χ3v) is 5.40. The minimum Gasteiger partial charge on any atom is -0.475 e. The summed E-state index contributed by atoms with van der Waals surface area (Å²) < 4.78 is 68.7. The van der Waals surface area contributed by atoms with Crippen LogP contribution in [0.3, 0.4) is 0 Å². The molecule has 1 fully saturated rings. The number of hydrogen-bond acceptors (Lipinski definition) is 7. The lowest BCUT2D eigenvalue weighted by Gasteiger charge is -2.27. The van der Waals surface area contributed by atoms with Gasteiger partial charge in [-0.2, -0.15) is 13.2 Å². The Kier molecular flexibility index (Phi) is 9.13. The average molecular weight is 543 g/mol. The second-order valence-electron chi connectivity index (χ2n) is 9.66. The Balaban J connectivity index is 1.78. The molecule has 9 nitrogen and oxygen atoms in total. The van der Waals surface area contributed by atoms with E-state index < -0.39 is 41.7 Å². The Morgan fingerprint density at radius 2 is 1.87 bits per heavy atom. The SMILES string of the molecule is COCCOc1cc(-c2ccc(C(F)(F)F)nc2)cc(CNC(=O)[C@H]2C[C@H](F)CN2C(=O)OC(C)(C)C)n1. The zero-order chi connectivity index (χ0) is 28.1. The van der Waals surface area contributed by atoms with Crippen LogP contribution in [-0.4, -0.2) is 71.6 Å². The molecule has 1 saturated heterocycles. The molecule has 208 valence electrons. The number of hydrogen-bond donors (Lipinski definition) is 1. The number of rotatable bonds is 8. The van der Waals surface area contributed by atoms with Crippen LogP contribution in [0.2, 0.25) is 0 Å². The van der Waals surface area contributed by atoms with Gasteiger partial charge in [0.2, 0.25) is 11.8 Å². The molecule has 2 aromatic heterocycles. The molecule has 0 bridgehead atoms. The van der Waals surface area contributed by atoms with Crippen molar-refractivity contribution in [2.45, 2.75) is 57.7 Å². The number of ether oxygens (including phenoxy) is 3. The van der Waals surface area contributed by atoms with Gasteiger partial charge in [0.15, 0.2) is 0 Å². The maximum Gasteiger partial charge on any atom is 0.433 e. The zero-order valence-corrected chi connectivity index (χ0v) is 21.5. The van der Waals surface area contributed by atoms with E-state index in [1.54, 1.807) is 26.8 Å². The normalized spacial score (nSPS) is 17.8. The Morgan fingerprint density at radius 3 is 2.47 bits per heavy atom. The summed E-state index contributed by atoms with van der Waals surface area (Å²) >= 11 is 0. The van der Waals surface area contributed by atoms with E-state index in [1.165, 1.54) is 19.2 Å². The van der Waals surface area contributed by atoms with Gasteiger partial charge in [-0.15, -0.1) is 0 Å². The number of pyridine rings is 2. The smallest absolute Gasteiger partial charge is 0.433 e. The third kappa shape index (κ3) is 8.01. The van der Waals surface area contributed by atoms with Crippen molar-refractivity contribution in [2.24, 2.45) is 0 Å². The van der Waals surface area contributed by atoms with Gasteiger partial charge in [0, 0.05) is 31.4 Å². The van der Waals surface area contributed by atoms with Crippen LogP contribution in [0.15, 0.2) is 30.5 Å². The van der Waals surface area contributed by atoms with Crippen LogP contribution in [0.5, 0.6) is 5.88 Å². The first-order chi connectivity index (χ1) is 17.8. The predicted octanol–water partition coefficient (Wildman–Crippen LogP) is 4.15. The summed E-state index contributed by atoms with van der Waals surface area (Å²) in [5.41, 5.74) is -0.698. The molecule has 1 aliphatic rings. The lowest BCUT2D eigenvalue weighted by Crippen LogP contribution is -2.47. The molecular formula is C25H30F4N4O5. The molecule has 2 atom stereocenters. The number of likely N-dealkylation sites (tertiary alicyclic amines) is 1. The van der Waals surface area contributed by atoms with E-state index in [9.17, 15) is 27.2 Å². The van der Waals surface area contributed by atoms with Crippen LogP contribution in [0.4, 0.5) is 22.4 Å². The zero-order valence-electron chi connectivity index (χ0n) is 21.5. The highest BCUT2D eigenvalue weighted by atomic mass is 19.4. The second-order valence-corrected chi connectivity index (χ2v) is 9.66. The summed E-state index contributed by atoms with van der Waals surface area (Å²) in [6, 6.07) is 4.15. The van der Waals surface area contributed by atoms with E-state index in [2.05, 4.69) is 15.3 Å². The van der Waals surface area contributed by atoms with Gasteiger partial charge in [-0.3, -0.25) is 14.7 Å². The molecule has 0 spiro atoms. The van der Waals surface area contributed by atoms with Crippen molar-refractivity contribution in [2.75, 3.05) is 26.9 Å². The van der Waals surface area contributed by atoms with Gasteiger partial charge in [-0.05, 0) is 38.5 Å². The minimum atomic E-state index is -4.58. The molecule has 1 N–H and O–H groups in total. The van der Waals surface area contributed by atoms with Gasteiger partial charge in [-0.1, -0.05) is 6.07 Å². The van der Waals surface area contributed by atoms with Crippen molar-refractivity contribution in [1.29, 1.82) is 0 Å². The van der Waals surface area contributed by atoms with Gasteiger partial charge in [0.25, 0.3) is 0 Å². The minimum absolute atomic E-state index is 0.114. The Bertz CT molecular complexity index is 1120. The van der Waals surface area contributed by atoms with Crippen LogP contribution < -0.4 is 10.1 Å². The van der Waals surface area contributed by atoms with Crippen LogP contribution in [-0.2, 0) is 27.0 Å². The van der Waals surface area contributed by atoms with Crippen molar-refractivity contribution < 1.29 is 41.4 Å². The van der Waals surface area contributed by atoms with Crippen molar-refractivity contribution >= 4 is 12.0 Å². The predicted molar refractivity (Wildman–Crippen MR) is 128 cm³/mol. The van der Waals surface area contributed by atoms with Crippen LogP contribution in [0.1, 0.15) is 38.6 Å². The fraction of sp³-hybridized carbons (Fsp3) is 0.520. The first-order valence-corrected chi connectivity index (χ1v) is 11.8. The Labute approximate surface area is 217 Å². The maximum atomic E-state index is 14.1. The molecule has 0 aromatic carbocycles. The number of alkyl halides is 4. The van der Waals surface area contributed by atoms with Gasteiger partial charge < -0.3 is 19.5 Å². The lowest BCUT2D eigenvalue weighted by atomic mass is 10.1. The number of carbonyl (C=O) groups is 2. The molecule has 3 rings (SSSR count). The molecule has 3 heterocycles. The van der Waals surface area contributed by atoms with Crippen LogP contribution in [0.25, 0.3) is 11.1 Å². The first-order valence-electron chi connectivity index (χ1n) is 11.8. The summed E-state index contributed by atoms with van der Waals surface area (Å²) in [5, 5.41) is 2.65. The highest BCUT2D eigenvalue weighted by Gasteiger charge is 2.41. The summed E-state index contributed by atoms with van der Waals surface area (Å²) in [6.45, 7) is 5.05. The van der Waals surface area contributed by atoms with E-state index >= 15 is 0 Å². The fourth-order valence-electron chi connectivity index (χ4n) is 3.70. The number of nitrogens with one attached hydrogen (secondary N) is 1. The van der Waals surface area contributed by atoms with Gasteiger partial charge in [0.05, 0.1) is 25.4 Å². The summed E-state index contributed by atoms with van der Waals surface area (Å²) in [6.07, 6.45) is -5.85. The van der Waals surface area contributed by atoms with Crippen molar-refractivity contribution in [3.05, 3.63) is 41.9 Å². The maximum absolute atomic E-state index is 14.1. The number of methoxy groups -OCH3 is 1. The lowest BCUT2D eigenvalue weighted by molar-refractivity contribution is -0.141. The van der Waals surface area contributed by atoms with E-state index in [-0.39, 0.29) is 38.6 Å². The summed E-state index contributed by atoms with van der Waals surface area (Å²) in [7, 11) is 1.49. The topological polar surface area (TPSA) is 103 Å². The van der Waals surface area contributed by atoms with Crippen molar-refractivity contribution in [3.8, 4) is 17.0 Å². The number of aromatic nitrogens is 2. The van der Waals surface area contributed by atoms with Gasteiger partial charge >= 0.3 is 12.3 Å². The molecule has 2 aromatic rings. The largest absolute Gasteiger partial charge is 0.475 e. The van der Waals surface area contributed by atoms with Crippen molar-refractivity contribution in [3.63, 3.8) is 0 Å². The molecule has 13 heteroatoms. The van der Waals surface area contributed by atoms with Crippen molar-refractivity contribution in [1.82, 2.24) is 20.2 Å². The van der Waals surface area contributed by atoms with E-state index in [4.69, 9.17) is 14.2 Å². The second kappa shape index (κ2) is 11.9. The van der Waals surface area contributed by atoms with Gasteiger partial charge in [0.1, 0.15) is 30.1 Å². The highest BCUT2D eigenvalue weighted by molar-refractivity contribution is 5.86. The van der Waals surface area contributed by atoms with Crippen LogP contribution >= 0.6 is 0 Å². The number of carbonyl (C=O) groups excluding carboxylic acids is 2. The van der Waals surface area contributed by atoms with Crippen LogP contribution in [0, 0.1) is 0 Å². The molecule has 0 aliphatic carbocycles. The molecular weight excluding hydrogens is 512 g/mol. The number of amides is 2. The molecule has 2 amide bonds. The quantitative estimate of drug-likeness (QED) is 0.395. The first kappa shape index (κ1) is 29.1. The molecule has 0 saturated carbocycles. The summed E-state index contributed by atoms with van der Waals surface area (Å²) in [4.78, 5) is 34.3.